The predicted octanol–water partition coefficient (Wildman–Crippen LogP) is 0.0626. The molecule has 88 valence electrons. The maximum Gasteiger partial charge on any atom is 0.107 e. The van der Waals surface area contributed by atoms with Gasteiger partial charge in [-0.2, -0.15) is 0 Å². The van der Waals surface area contributed by atoms with Crippen molar-refractivity contribution >= 4 is 0 Å². The summed E-state index contributed by atoms with van der Waals surface area (Å²) in [5.41, 5.74) is -0.366. The Morgan fingerprint density at radius 1 is 1.62 bits per heavy atom. The maximum atomic E-state index is 10.3. The van der Waals surface area contributed by atoms with Gasteiger partial charge in [0.25, 0.3) is 0 Å². The van der Waals surface area contributed by atoms with Crippen LogP contribution in [0.4, 0.5) is 0 Å². The van der Waals surface area contributed by atoms with Crippen LogP contribution in [-0.4, -0.2) is 40.9 Å². The molecule has 1 aromatic heterocycles. The zero-order valence-electron chi connectivity index (χ0n) is 9.39. The summed E-state index contributed by atoms with van der Waals surface area (Å²) in [7, 11) is 0. The molecule has 0 amide bonds. The van der Waals surface area contributed by atoms with Gasteiger partial charge in [-0.05, 0) is 13.3 Å². The minimum absolute atomic E-state index is 0.172. The first-order valence-electron chi connectivity index (χ1n) is 5.48. The van der Waals surface area contributed by atoms with Gasteiger partial charge in [0.1, 0.15) is 5.60 Å². The lowest BCUT2D eigenvalue weighted by Gasteiger charge is -2.30. The average Bonchev–Trinajstić information content (AvgIpc) is 2.31. The van der Waals surface area contributed by atoms with Gasteiger partial charge in [-0.15, -0.1) is 0 Å². The highest BCUT2D eigenvalue weighted by molar-refractivity contribution is 5.07. The fraction of sp³-hybridized carbons (Fsp3) is 0.636. The summed E-state index contributed by atoms with van der Waals surface area (Å²) in [6.07, 6.45) is 5.37. The van der Waals surface area contributed by atoms with Crippen LogP contribution in [0.1, 0.15) is 19.0 Å². The number of aromatic nitrogens is 2. The third-order valence-corrected chi connectivity index (χ3v) is 2.76. The summed E-state index contributed by atoms with van der Waals surface area (Å²) >= 11 is 0. The van der Waals surface area contributed by atoms with Crippen LogP contribution in [0.25, 0.3) is 0 Å². The second kappa shape index (κ2) is 4.86. The molecule has 5 heteroatoms. The standard InChI is InChI=1S/C11H17N3O2/c1-11(15,10-7-12-2-3-14-10)6-9-8-16-5-4-13-9/h2-3,7,9,13,15H,4-6,8H2,1H3. The Balaban J connectivity index is 2.01. The van der Waals surface area contributed by atoms with Gasteiger partial charge in [0, 0.05) is 25.0 Å². The monoisotopic (exact) mass is 223 g/mol. The first-order chi connectivity index (χ1) is 7.68. The minimum Gasteiger partial charge on any atom is -0.384 e. The van der Waals surface area contributed by atoms with Crippen molar-refractivity contribution < 1.29 is 9.84 Å². The number of hydrogen-bond acceptors (Lipinski definition) is 5. The molecule has 16 heavy (non-hydrogen) atoms. The Labute approximate surface area is 94.9 Å². The molecular weight excluding hydrogens is 206 g/mol. The van der Waals surface area contributed by atoms with E-state index in [1.807, 2.05) is 0 Å². The fourth-order valence-electron chi connectivity index (χ4n) is 1.91. The van der Waals surface area contributed by atoms with Crippen molar-refractivity contribution in [2.45, 2.75) is 25.0 Å². The van der Waals surface area contributed by atoms with Crippen LogP contribution >= 0.6 is 0 Å². The molecule has 1 aliphatic rings. The third-order valence-electron chi connectivity index (χ3n) is 2.76. The van der Waals surface area contributed by atoms with Gasteiger partial charge in [-0.1, -0.05) is 0 Å². The topological polar surface area (TPSA) is 67.3 Å². The highest BCUT2D eigenvalue weighted by Gasteiger charge is 2.29. The molecule has 5 nitrogen and oxygen atoms in total. The van der Waals surface area contributed by atoms with Crippen LogP contribution in [0.15, 0.2) is 18.6 Å². The average molecular weight is 223 g/mol. The molecule has 2 rings (SSSR count). The lowest BCUT2D eigenvalue weighted by molar-refractivity contribution is 0.000281. The molecule has 2 unspecified atom stereocenters. The summed E-state index contributed by atoms with van der Waals surface area (Å²) in [4.78, 5) is 8.10. The zero-order valence-corrected chi connectivity index (χ0v) is 9.39. The van der Waals surface area contributed by atoms with Crippen molar-refractivity contribution in [3.8, 4) is 0 Å². The number of ether oxygens (including phenoxy) is 1. The van der Waals surface area contributed by atoms with Gasteiger partial charge in [-0.3, -0.25) is 9.97 Å². The van der Waals surface area contributed by atoms with E-state index in [1.165, 1.54) is 0 Å². The molecule has 0 bridgehead atoms. The van der Waals surface area contributed by atoms with Crippen LogP contribution < -0.4 is 5.32 Å². The Morgan fingerprint density at radius 3 is 3.12 bits per heavy atom. The molecule has 1 aromatic rings. The SMILES string of the molecule is CC(O)(CC1COCCN1)c1cnccn1. The molecule has 1 aliphatic heterocycles. The molecule has 0 radical (unpaired) electrons. The number of morpholine rings is 1. The number of nitrogens with zero attached hydrogens (tertiary/aromatic N) is 2. The summed E-state index contributed by atoms with van der Waals surface area (Å²) in [6, 6.07) is 0.172. The van der Waals surface area contributed by atoms with E-state index in [4.69, 9.17) is 4.74 Å². The van der Waals surface area contributed by atoms with Gasteiger partial charge in [0.2, 0.25) is 0 Å². The van der Waals surface area contributed by atoms with Crippen LogP contribution in [0.2, 0.25) is 0 Å². The molecular formula is C11H17N3O2. The molecule has 1 saturated heterocycles. The van der Waals surface area contributed by atoms with Gasteiger partial charge >= 0.3 is 0 Å². The van der Waals surface area contributed by atoms with Gasteiger partial charge in [-0.25, -0.2) is 0 Å². The number of aliphatic hydroxyl groups is 1. The van der Waals surface area contributed by atoms with E-state index in [0.29, 0.717) is 18.7 Å². The predicted molar refractivity (Wildman–Crippen MR) is 58.8 cm³/mol. The van der Waals surface area contributed by atoms with Crippen LogP contribution in [0, 0.1) is 0 Å². The summed E-state index contributed by atoms with van der Waals surface area (Å²) in [5, 5.41) is 13.7. The second-order valence-corrected chi connectivity index (χ2v) is 4.29. The Bertz CT molecular complexity index is 323. The first-order valence-corrected chi connectivity index (χ1v) is 5.48. The Kier molecular flexibility index (Phi) is 3.48. The van der Waals surface area contributed by atoms with Crippen molar-refractivity contribution in [3.05, 3.63) is 24.3 Å². The van der Waals surface area contributed by atoms with E-state index in [0.717, 1.165) is 13.2 Å². The number of hydrogen-bond donors (Lipinski definition) is 2. The van der Waals surface area contributed by atoms with E-state index in [2.05, 4.69) is 15.3 Å². The lowest BCUT2D eigenvalue weighted by atomic mass is 9.93. The minimum atomic E-state index is -0.966. The summed E-state index contributed by atoms with van der Waals surface area (Å²) < 4.78 is 5.35. The smallest absolute Gasteiger partial charge is 0.107 e. The van der Waals surface area contributed by atoms with E-state index >= 15 is 0 Å². The van der Waals surface area contributed by atoms with Gasteiger partial charge in [0.15, 0.2) is 0 Å². The van der Waals surface area contributed by atoms with Crippen molar-refractivity contribution in [1.82, 2.24) is 15.3 Å². The van der Waals surface area contributed by atoms with Crippen molar-refractivity contribution in [1.29, 1.82) is 0 Å². The van der Waals surface area contributed by atoms with E-state index < -0.39 is 5.60 Å². The van der Waals surface area contributed by atoms with E-state index in [9.17, 15) is 5.11 Å². The molecule has 1 fully saturated rings. The highest BCUT2D eigenvalue weighted by Crippen LogP contribution is 2.23. The molecule has 2 atom stereocenters. The maximum absolute atomic E-state index is 10.3. The summed E-state index contributed by atoms with van der Waals surface area (Å²) in [6.45, 7) is 3.97. The zero-order chi connectivity index (χ0) is 11.4. The molecule has 2 heterocycles. The first kappa shape index (κ1) is 11.4. The quantitative estimate of drug-likeness (QED) is 0.758. The summed E-state index contributed by atoms with van der Waals surface area (Å²) in [5.74, 6) is 0. The van der Waals surface area contributed by atoms with Crippen molar-refractivity contribution in [2.75, 3.05) is 19.8 Å². The molecule has 0 aliphatic carbocycles. The number of nitrogens with one attached hydrogen (secondary N) is 1. The molecule has 2 N–H and O–H groups in total. The highest BCUT2D eigenvalue weighted by atomic mass is 16.5. The van der Waals surface area contributed by atoms with Gasteiger partial charge < -0.3 is 15.2 Å². The van der Waals surface area contributed by atoms with Crippen molar-refractivity contribution in [3.63, 3.8) is 0 Å². The molecule has 0 aromatic carbocycles. The van der Waals surface area contributed by atoms with E-state index in [-0.39, 0.29) is 6.04 Å². The van der Waals surface area contributed by atoms with Crippen LogP contribution in [-0.2, 0) is 10.3 Å². The van der Waals surface area contributed by atoms with Crippen molar-refractivity contribution in [2.24, 2.45) is 0 Å². The molecule has 0 saturated carbocycles. The van der Waals surface area contributed by atoms with Crippen LogP contribution in [0.5, 0.6) is 0 Å². The van der Waals surface area contributed by atoms with Gasteiger partial charge in [0.05, 0.1) is 25.1 Å². The lowest BCUT2D eigenvalue weighted by Crippen LogP contribution is -2.45. The third kappa shape index (κ3) is 2.75. The second-order valence-electron chi connectivity index (χ2n) is 4.29. The Morgan fingerprint density at radius 2 is 2.50 bits per heavy atom. The van der Waals surface area contributed by atoms with Crippen LogP contribution in [0.3, 0.4) is 0 Å². The van der Waals surface area contributed by atoms with E-state index in [1.54, 1.807) is 25.5 Å². The largest absolute Gasteiger partial charge is 0.384 e. The normalized spacial score (nSPS) is 25.0. The number of rotatable bonds is 3. The molecule has 0 spiro atoms. The Hall–Kier alpha value is -1.04. The fourth-order valence-corrected chi connectivity index (χ4v) is 1.91.